The third-order valence-corrected chi connectivity index (χ3v) is 5.05. The number of likely N-dealkylation sites (N-methyl/N-ethyl adjacent to an activating group) is 1. The summed E-state index contributed by atoms with van der Waals surface area (Å²) in [7, 11) is 3.58. The van der Waals surface area contributed by atoms with Gasteiger partial charge < -0.3 is 15.5 Å². The topological polar surface area (TPSA) is 60.0 Å². The summed E-state index contributed by atoms with van der Waals surface area (Å²) in [6.07, 6.45) is -1.53. The van der Waals surface area contributed by atoms with Crippen molar-refractivity contribution in [3.8, 4) is 0 Å². The molecule has 2 N–H and O–H groups in total. The molecule has 0 aromatic heterocycles. The Kier molecular flexibility index (Phi) is 11.6. The molecule has 6 nitrogen and oxygen atoms in total. The molecule has 176 valence electrons. The van der Waals surface area contributed by atoms with Crippen LogP contribution in [0.15, 0.2) is 29.3 Å². The van der Waals surface area contributed by atoms with Crippen molar-refractivity contribution in [3.63, 3.8) is 0 Å². The molecule has 0 bridgehead atoms. The van der Waals surface area contributed by atoms with Gasteiger partial charge in [0.25, 0.3) is 0 Å². The molecule has 2 rings (SSSR count). The predicted molar refractivity (Wildman–Crippen MR) is 128 cm³/mol. The lowest BCUT2D eigenvalue weighted by Gasteiger charge is -2.26. The maximum atomic E-state index is 12.7. The summed E-state index contributed by atoms with van der Waals surface area (Å²) in [5.41, 5.74) is 0.0514. The van der Waals surface area contributed by atoms with E-state index in [1.165, 1.54) is 12.1 Å². The molecule has 1 amide bonds. The molecule has 1 aromatic carbocycles. The molecule has 0 aliphatic carbocycles. The van der Waals surface area contributed by atoms with Gasteiger partial charge in [0.15, 0.2) is 5.96 Å². The average molecular weight is 555 g/mol. The van der Waals surface area contributed by atoms with Crippen LogP contribution in [0.25, 0.3) is 0 Å². The number of benzene rings is 1. The largest absolute Gasteiger partial charge is 0.416 e. The van der Waals surface area contributed by atoms with Gasteiger partial charge in [-0.05, 0) is 50.4 Å². The number of carbonyl (C=O) groups is 1. The first-order valence-electron chi connectivity index (χ1n) is 10.4. The van der Waals surface area contributed by atoms with Gasteiger partial charge in [-0.1, -0.05) is 12.1 Å². The van der Waals surface area contributed by atoms with E-state index in [1.54, 1.807) is 19.0 Å². The van der Waals surface area contributed by atoms with E-state index in [4.69, 9.17) is 0 Å². The summed E-state index contributed by atoms with van der Waals surface area (Å²) >= 11 is 0. The highest BCUT2D eigenvalue weighted by Crippen LogP contribution is 2.29. The van der Waals surface area contributed by atoms with Crippen molar-refractivity contribution in [1.29, 1.82) is 0 Å². The molecular formula is C21H33F3IN5O. The Morgan fingerprint density at radius 2 is 1.90 bits per heavy atom. The van der Waals surface area contributed by atoms with Crippen LogP contribution < -0.4 is 10.6 Å². The number of hydrogen-bond acceptors (Lipinski definition) is 3. The first-order chi connectivity index (χ1) is 14.2. The van der Waals surface area contributed by atoms with Gasteiger partial charge in [-0.2, -0.15) is 13.2 Å². The Bertz CT molecular complexity index is 710. The highest BCUT2D eigenvalue weighted by Gasteiger charge is 2.31. The number of guanidine groups is 1. The van der Waals surface area contributed by atoms with Crippen molar-refractivity contribution >= 4 is 35.8 Å². The Hall–Kier alpha value is -1.56. The first kappa shape index (κ1) is 27.5. The molecule has 1 saturated heterocycles. The maximum absolute atomic E-state index is 12.7. The molecule has 1 fully saturated rings. The Labute approximate surface area is 199 Å². The summed E-state index contributed by atoms with van der Waals surface area (Å²) < 4.78 is 38.0. The summed E-state index contributed by atoms with van der Waals surface area (Å²) in [4.78, 5) is 20.6. The highest BCUT2D eigenvalue weighted by molar-refractivity contribution is 14.0. The first-order valence-corrected chi connectivity index (χ1v) is 10.4. The lowest BCUT2D eigenvalue weighted by molar-refractivity contribution is -0.137. The van der Waals surface area contributed by atoms with Gasteiger partial charge in [-0.15, -0.1) is 24.0 Å². The second kappa shape index (κ2) is 13.1. The maximum Gasteiger partial charge on any atom is 0.416 e. The van der Waals surface area contributed by atoms with Crippen LogP contribution in [0.1, 0.15) is 37.3 Å². The van der Waals surface area contributed by atoms with Gasteiger partial charge >= 0.3 is 6.18 Å². The quantitative estimate of drug-likeness (QED) is 0.224. The zero-order valence-corrected chi connectivity index (χ0v) is 20.7. The standard InChI is InChI=1S/C21H32F3N5O.HI/c1-4-25-20(27-15-16-8-10-17(11-9-16)21(22,23)24)26-12-6-14-29-13-5-7-18(29)19(30)28(2)3;/h8-11,18H,4-7,12-15H2,1-3H3,(H2,25,26,27);1H. The van der Waals surface area contributed by atoms with Gasteiger partial charge in [-0.25, -0.2) is 4.99 Å². The molecule has 10 heteroatoms. The van der Waals surface area contributed by atoms with E-state index in [2.05, 4.69) is 20.5 Å². The molecule has 0 saturated carbocycles. The fraction of sp³-hybridized carbons (Fsp3) is 0.619. The van der Waals surface area contributed by atoms with Crippen molar-refractivity contribution < 1.29 is 18.0 Å². The molecule has 1 unspecified atom stereocenters. The summed E-state index contributed by atoms with van der Waals surface area (Å²) in [5.74, 6) is 0.784. The Morgan fingerprint density at radius 1 is 1.23 bits per heavy atom. The molecule has 1 heterocycles. The molecular weight excluding hydrogens is 522 g/mol. The van der Waals surface area contributed by atoms with Gasteiger partial charge in [-0.3, -0.25) is 9.69 Å². The van der Waals surface area contributed by atoms with Gasteiger partial charge in [0.2, 0.25) is 5.91 Å². The number of likely N-dealkylation sites (tertiary alicyclic amines) is 1. The van der Waals surface area contributed by atoms with E-state index < -0.39 is 11.7 Å². The summed E-state index contributed by atoms with van der Waals surface area (Å²) in [5, 5.41) is 6.40. The number of nitrogens with one attached hydrogen (secondary N) is 2. The van der Waals surface area contributed by atoms with Crippen molar-refractivity contribution in [2.45, 2.75) is 44.9 Å². The van der Waals surface area contributed by atoms with Crippen LogP contribution in [-0.2, 0) is 17.5 Å². The smallest absolute Gasteiger partial charge is 0.357 e. The zero-order chi connectivity index (χ0) is 22.1. The normalized spacial score (nSPS) is 17.2. The Morgan fingerprint density at radius 3 is 2.48 bits per heavy atom. The van der Waals surface area contributed by atoms with Crippen molar-refractivity contribution in [3.05, 3.63) is 35.4 Å². The molecule has 1 aromatic rings. The van der Waals surface area contributed by atoms with Gasteiger partial charge in [0.1, 0.15) is 0 Å². The van der Waals surface area contributed by atoms with Crippen LogP contribution in [-0.4, -0.2) is 68.0 Å². The van der Waals surface area contributed by atoms with E-state index in [9.17, 15) is 18.0 Å². The average Bonchev–Trinajstić information content (AvgIpc) is 3.16. The molecule has 31 heavy (non-hydrogen) atoms. The minimum Gasteiger partial charge on any atom is -0.357 e. The number of carbonyl (C=O) groups excluding carboxylic acids is 1. The summed E-state index contributed by atoms with van der Waals surface area (Å²) in [6.45, 7) is 5.39. The van der Waals surface area contributed by atoms with Crippen molar-refractivity contribution in [1.82, 2.24) is 20.4 Å². The van der Waals surface area contributed by atoms with Crippen LogP contribution in [0.2, 0.25) is 0 Å². The van der Waals surface area contributed by atoms with E-state index in [1.807, 2.05) is 6.92 Å². The molecule has 0 spiro atoms. The monoisotopic (exact) mass is 555 g/mol. The Balaban J connectivity index is 0.00000480. The van der Waals surface area contributed by atoms with Gasteiger partial charge in [0.05, 0.1) is 18.2 Å². The van der Waals surface area contributed by atoms with E-state index in [0.717, 1.165) is 44.5 Å². The number of halogens is 4. The molecule has 1 aliphatic rings. The van der Waals surface area contributed by atoms with E-state index >= 15 is 0 Å². The lowest BCUT2D eigenvalue weighted by atomic mass is 10.1. The third-order valence-electron chi connectivity index (χ3n) is 5.05. The SMILES string of the molecule is CCNC(=NCc1ccc(C(F)(F)F)cc1)NCCCN1CCCC1C(=O)N(C)C.I. The van der Waals surface area contributed by atoms with E-state index in [0.29, 0.717) is 31.2 Å². The zero-order valence-electron chi connectivity index (χ0n) is 18.3. The van der Waals surface area contributed by atoms with Crippen molar-refractivity contribution in [2.75, 3.05) is 40.3 Å². The lowest BCUT2D eigenvalue weighted by Crippen LogP contribution is -2.44. The van der Waals surface area contributed by atoms with Gasteiger partial charge in [0, 0.05) is 33.7 Å². The fourth-order valence-electron chi connectivity index (χ4n) is 3.47. The minimum atomic E-state index is -4.33. The van der Waals surface area contributed by atoms with E-state index in [-0.39, 0.29) is 35.9 Å². The third kappa shape index (κ3) is 8.83. The fourth-order valence-corrected chi connectivity index (χ4v) is 3.47. The molecule has 0 radical (unpaired) electrons. The van der Waals surface area contributed by atoms with Crippen molar-refractivity contribution in [2.24, 2.45) is 4.99 Å². The number of hydrogen-bond donors (Lipinski definition) is 2. The van der Waals surface area contributed by atoms with Crippen LogP contribution in [0.4, 0.5) is 13.2 Å². The number of amides is 1. The summed E-state index contributed by atoms with van der Waals surface area (Å²) in [6, 6.07) is 5.02. The van der Waals surface area contributed by atoms with Crippen LogP contribution >= 0.6 is 24.0 Å². The molecule has 1 aliphatic heterocycles. The molecule has 1 atom stereocenters. The number of nitrogens with zero attached hydrogens (tertiary/aromatic N) is 3. The van der Waals surface area contributed by atoms with Crippen LogP contribution in [0.5, 0.6) is 0 Å². The minimum absolute atomic E-state index is 0. The number of alkyl halides is 3. The highest BCUT2D eigenvalue weighted by atomic mass is 127. The number of aliphatic imine (C=N–C) groups is 1. The second-order valence-corrected chi connectivity index (χ2v) is 7.60. The number of rotatable bonds is 8. The van der Waals surface area contributed by atoms with Crippen LogP contribution in [0, 0.1) is 0 Å². The second-order valence-electron chi connectivity index (χ2n) is 7.60. The van der Waals surface area contributed by atoms with Crippen LogP contribution in [0.3, 0.4) is 0 Å². The predicted octanol–water partition coefficient (Wildman–Crippen LogP) is 3.32.